The zero-order valence-corrected chi connectivity index (χ0v) is 14.2. The summed E-state index contributed by atoms with van der Waals surface area (Å²) in [6, 6.07) is 7.85. The highest BCUT2D eigenvalue weighted by Gasteiger charge is 2.44. The van der Waals surface area contributed by atoms with E-state index in [0.717, 1.165) is 9.75 Å². The van der Waals surface area contributed by atoms with Crippen molar-refractivity contribution in [2.24, 2.45) is 5.92 Å². The van der Waals surface area contributed by atoms with Crippen LogP contribution >= 0.6 is 22.7 Å². The van der Waals surface area contributed by atoms with E-state index < -0.39 is 0 Å². The minimum Gasteiger partial charge on any atom is -0.340 e. The van der Waals surface area contributed by atoms with Crippen LogP contribution < -0.4 is 0 Å². The van der Waals surface area contributed by atoms with Crippen molar-refractivity contribution in [1.29, 1.82) is 0 Å². The summed E-state index contributed by atoms with van der Waals surface area (Å²) in [6.45, 7) is 0.599. The average molecular weight is 334 g/mol. The number of thiophene rings is 2. The molecule has 1 fully saturated rings. The van der Waals surface area contributed by atoms with E-state index in [1.807, 2.05) is 42.1 Å². The van der Waals surface area contributed by atoms with Crippen molar-refractivity contribution >= 4 is 34.5 Å². The molecule has 2 aromatic heterocycles. The first-order valence-corrected chi connectivity index (χ1v) is 8.90. The molecular weight excluding hydrogens is 316 g/mol. The average Bonchev–Trinajstić information content (AvgIpc) is 3.21. The maximum Gasteiger partial charge on any atom is 0.228 e. The summed E-state index contributed by atoms with van der Waals surface area (Å²) in [4.78, 5) is 30.6. The van der Waals surface area contributed by atoms with Crippen LogP contribution in [-0.2, 0) is 16.1 Å². The van der Waals surface area contributed by atoms with Gasteiger partial charge in [-0.05, 0) is 22.9 Å². The molecule has 0 spiro atoms. The first kappa shape index (κ1) is 15.2. The van der Waals surface area contributed by atoms with E-state index in [4.69, 9.17) is 0 Å². The minimum atomic E-state index is -0.291. The molecule has 0 saturated carbocycles. The highest BCUT2D eigenvalue weighted by molar-refractivity contribution is 7.10. The SMILES string of the molecule is CN(Cc1cccs1)C(=O)[C@@H]1CC(=O)N(C)[C@@H]1c1cccs1. The highest BCUT2D eigenvalue weighted by Crippen LogP contribution is 2.40. The summed E-state index contributed by atoms with van der Waals surface area (Å²) in [5.74, 6) is -0.202. The van der Waals surface area contributed by atoms with Gasteiger partial charge in [0.2, 0.25) is 11.8 Å². The van der Waals surface area contributed by atoms with Crippen LogP contribution in [0.1, 0.15) is 22.2 Å². The van der Waals surface area contributed by atoms with Crippen LogP contribution in [0.2, 0.25) is 0 Å². The van der Waals surface area contributed by atoms with E-state index in [1.165, 1.54) is 0 Å². The fourth-order valence-electron chi connectivity index (χ4n) is 2.94. The monoisotopic (exact) mass is 334 g/mol. The summed E-state index contributed by atoms with van der Waals surface area (Å²) < 4.78 is 0. The molecule has 0 aliphatic carbocycles. The normalized spacial score (nSPS) is 21.4. The van der Waals surface area contributed by atoms with Crippen LogP contribution in [0.4, 0.5) is 0 Å². The van der Waals surface area contributed by atoms with E-state index >= 15 is 0 Å². The Hall–Kier alpha value is -1.66. The van der Waals surface area contributed by atoms with E-state index in [2.05, 4.69) is 0 Å². The molecule has 1 aliphatic heterocycles. The van der Waals surface area contributed by atoms with Crippen molar-refractivity contribution in [2.45, 2.75) is 19.0 Å². The Balaban J connectivity index is 1.79. The molecule has 2 atom stereocenters. The molecule has 2 amide bonds. The molecule has 0 bridgehead atoms. The van der Waals surface area contributed by atoms with Gasteiger partial charge >= 0.3 is 0 Å². The molecule has 3 heterocycles. The Bertz CT molecular complexity index is 652. The first-order valence-electron chi connectivity index (χ1n) is 7.14. The van der Waals surface area contributed by atoms with Gasteiger partial charge in [0.15, 0.2) is 0 Å². The van der Waals surface area contributed by atoms with Gasteiger partial charge in [0.05, 0.1) is 18.5 Å². The standard InChI is InChI=1S/C16H18N2O2S2/c1-17(10-11-5-3-7-21-11)16(20)12-9-14(19)18(2)15(12)13-6-4-8-22-13/h3-8,12,15H,9-10H2,1-2H3/t12-,15+/m1/s1. The number of likely N-dealkylation sites (tertiary alicyclic amines) is 1. The van der Waals surface area contributed by atoms with Gasteiger partial charge in [-0.2, -0.15) is 0 Å². The van der Waals surface area contributed by atoms with E-state index in [0.29, 0.717) is 13.0 Å². The molecule has 3 rings (SSSR count). The number of carbonyl (C=O) groups excluding carboxylic acids is 2. The molecule has 2 aromatic rings. The summed E-state index contributed by atoms with van der Waals surface area (Å²) in [5.41, 5.74) is 0. The van der Waals surface area contributed by atoms with Crippen LogP contribution in [0.3, 0.4) is 0 Å². The van der Waals surface area contributed by atoms with Gasteiger partial charge in [-0.25, -0.2) is 0 Å². The van der Waals surface area contributed by atoms with Crippen molar-refractivity contribution in [3.63, 3.8) is 0 Å². The van der Waals surface area contributed by atoms with Crippen molar-refractivity contribution in [3.05, 3.63) is 44.8 Å². The van der Waals surface area contributed by atoms with E-state index in [1.54, 1.807) is 39.5 Å². The predicted octanol–water partition coefficient (Wildman–Crippen LogP) is 2.99. The largest absolute Gasteiger partial charge is 0.340 e. The zero-order chi connectivity index (χ0) is 15.7. The molecule has 0 N–H and O–H groups in total. The molecular formula is C16H18N2O2S2. The number of hydrogen-bond donors (Lipinski definition) is 0. The summed E-state index contributed by atoms with van der Waals surface area (Å²) >= 11 is 3.24. The summed E-state index contributed by atoms with van der Waals surface area (Å²) in [5, 5.41) is 4.00. The maximum absolute atomic E-state index is 12.8. The Morgan fingerprint density at radius 1 is 1.32 bits per heavy atom. The topological polar surface area (TPSA) is 40.6 Å². The lowest BCUT2D eigenvalue weighted by atomic mass is 9.97. The third kappa shape index (κ3) is 2.80. The molecule has 1 aliphatic rings. The van der Waals surface area contributed by atoms with Crippen LogP contribution in [0.25, 0.3) is 0 Å². The van der Waals surface area contributed by atoms with Gasteiger partial charge in [-0.15, -0.1) is 22.7 Å². The smallest absolute Gasteiger partial charge is 0.228 e. The zero-order valence-electron chi connectivity index (χ0n) is 12.6. The van der Waals surface area contributed by atoms with Crippen LogP contribution in [0.5, 0.6) is 0 Å². The lowest BCUT2D eigenvalue weighted by molar-refractivity contribution is -0.135. The number of nitrogens with zero attached hydrogens (tertiary/aromatic N) is 2. The second kappa shape index (κ2) is 6.22. The molecule has 4 nitrogen and oxygen atoms in total. The quantitative estimate of drug-likeness (QED) is 0.862. The molecule has 0 aromatic carbocycles. The third-order valence-electron chi connectivity index (χ3n) is 4.09. The predicted molar refractivity (Wildman–Crippen MR) is 88.7 cm³/mol. The second-order valence-corrected chi connectivity index (χ2v) is 7.56. The first-order chi connectivity index (χ1) is 10.6. The minimum absolute atomic E-state index is 0.0428. The molecule has 0 unspecified atom stereocenters. The Labute approximate surface area is 138 Å². The van der Waals surface area contributed by atoms with Gasteiger partial charge in [-0.1, -0.05) is 12.1 Å². The fraction of sp³-hybridized carbons (Fsp3) is 0.375. The van der Waals surface area contributed by atoms with Crippen molar-refractivity contribution in [1.82, 2.24) is 9.80 Å². The number of amides is 2. The van der Waals surface area contributed by atoms with Crippen molar-refractivity contribution < 1.29 is 9.59 Å². The van der Waals surface area contributed by atoms with Crippen molar-refractivity contribution in [2.75, 3.05) is 14.1 Å². The summed E-state index contributed by atoms with van der Waals surface area (Å²) in [7, 11) is 3.61. The Morgan fingerprint density at radius 3 is 2.68 bits per heavy atom. The van der Waals surface area contributed by atoms with E-state index in [9.17, 15) is 9.59 Å². The lowest BCUT2D eigenvalue weighted by Crippen LogP contribution is -2.35. The third-order valence-corrected chi connectivity index (χ3v) is 5.89. The van der Waals surface area contributed by atoms with Gasteiger partial charge in [0.25, 0.3) is 0 Å². The molecule has 116 valence electrons. The fourth-order valence-corrected chi connectivity index (χ4v) is 4.63. The summed E-state index contributed by atoms with van der Waals surface area (Å²) in [6.07, 6.45) is 0.298. The molecule has 6 heteroatoms. The van der Waals surface area contributed by atoms with Gasteiger partial charge < -0.3 is 9.80 Å². The second-order valence-electron chi connectivity index (χ2n) is 5.55. The molecule has 0 radical (unpaired) electrons. The van der Waals surface area contributed by atoms with Gasteiger partial charge in [-0.3, -0.25) is 9.59 Å². The van der Waals surface area contributed by atoms with Crippen LogP contribution in [0, 0.1) is 5.92 Å². The van der Waals surface area contributed by atoms with Crippen LogP contribution in [0.15, 0.2) is 35.0 Å². The van der Waals surface area contributed by atoms with Gasteiger partial charge in [0.1, 0.15) is 0 Å². The molecule has 1 saturated heterocycles. The lowest BCUT2D eigenvalue weighted by Gasteiger charge is -2.26. The highest BCUT2D eigenvalue weighted by atomic mass is 32.1. The van der Waals surface area contributed by atoms with Gasteiger partial charge in [0, 0.05) is 30.3 Å². The van der Waals surface area contributed by atoms with E-state index in [-0.39, 0.29) is 23.8 Å². The van der Waals surface area contributed by atoms with Crippen LogP contribution in [-0.4, -0.2) is 35.7 Å². The number of carbonyl (C=O) groups is 2. The van der Waals surface area contributed by atoms with Crippen molar-refractivity contribution in [3.8, 4) is 0 Å². The maximum atomic E-state index is 12.8. The number of hydrogen-bond acceptors (Lipinski definition) is 4. The number of rotatable bonds is 4. The Morgan fingerprint density at radius 2 is 2.05 bits per heavy atom. The Kier molecular flexibility index (Phi) is 4.31. The molecule has 22 heavy (non-hydrogen) atoms.